The lowest BCUT2D eigenvalue weighted by molar-refractivity contribution is 0.102. The van der Waals surface area contributed by atoms with E-state index in [-0.39, 0.29) is 10.5 Å². The molecule has 0 saturated heterocycles. The summed E-state index contributed by atoms with van der Waals surface area (Å²) in [5.74, 6) is 0.325. The summed E-state index contributed by atoms with van der Waals surface area (Å²) >= 11 is 1.29. The maximum atomic E-state index is 12.5. The van der Waals surface area contributed by atoms with Crippen LogP contribution in [-0.2, 0) is 10.0 Å². The maximum Gasteiger partial charge on any atom is 0.257 e. The van der Waals surface area contributed by atoms with Gasteiger partial charge in [0.05, 0.1) is 17.7 Å². The first-order chi connectivity index (χ1) is 13.3. The normalized spacial score (nSPS) is 11.4. The van der Waals surface area contributed by atoms with Gasteiger partial charge in [0.2, 0.25) is 10.0 Å². The second kappa shape index (κ2) is 8.09. The molecule has 3 rings (SSSR count). The van der Waals surface area contributed by atoms with Gasteiger partial charge in [-0.1, -0.05) is 6.07 Å². The molecule has 3 aromatic rings. The van der Waals surface area contributed by atoms with Crippen LogP contribution in [0.1, 0.15) is 10.4 Å². The molecule has 0 spiro atoms. The van der Waals surface area contributed by atoms with Crippen LogP contribution in [0.3, 0.4) is 0 Å². The van der Waals surface area contributed by atoms with E-state index in [1.807, 2.05) is 29.6 Å². The Bertz CT molecular complexity index is 1090. The number of methoxy groups -OCH3 is 1. The number of amides is 1. The molecule has 0 saturated carbocycles. The number of nitrogens with zero attached hydrogens (tertiary/aromatic N) is 2. The minimum absolute atomic E-state index is 0.0585. The molecule has 0 bridgehead atoms. The topological polar surface area (TPSA) is 88.6 Å². The van der Waals surface area contributed by atoms with Gasteiger partial charge in [0.1, 0.15) is 5.75 Å². The van der Waals surface area contributed by atoms with Gasteiger partial charge in [0, 0.05) is 30.6 Å². The lowest BCUT2D eigenvalue weighted by Crippen LogP contribution is -2.22. The van der Waals surface area contributed by atoms with Crippen molar-refractivity contribution in [2.45, 2.75) is 4.90 Å². The molecule has 0 aliphatic carbocycles. The first-order valence-electron chi connectivity index (χ1n) is 8.25. The van der Waals surface area contributed by atoms with Crippen molar-refractivity contribution >= 4 is 32.4 Å². The fraction of sp³-hybridized carbons (Fsp3) is 0.158. The van der Waals surface area contributed by atoms with Gasteiger partial charge in [-0.3, -0.25) is 10.1 Å². The van der Waals surface area contributed by atoms with Crippen molar-refractivity contribution in [3.05, 3.63) is 59.5 Å². The minimum atomic E-state index is -3.61. The number of carbonyl (C=O) groups is 1. The molecule has 28 heavy (non-hydrogen) atoms. The largest absolute Gasteiger partial charge is 0.497 e. The molecule has 0 aliphatic rings. The van der Waals surface area contributed by atoms with Crippen LogP contribution >= 0.6 is 11.3 Å². The molecule has 1 amide bonds. The Hall–Kier alpha value is -2.75. The summed E-state index contributed by atoms with van der Waals surface area (Å²) in [7, 11) is 0.874. The van der Waals surface area contributed by atoms with E-state index in [1.54, 1.807) is 13.2 Å². The summed E-state index contributed by atoms with van der Waals surface area (Å²) in [6, 6.07) is 13.3. The average molecular weight is 418 g/mol. The molecule has 9 heteroatoms. The highest BCUT2D eigenvalue weighted by molar-refractivity contribution is 7.89. The predicted molar refractivity (Wildman–Crippen MR) is 109 cm³/mol. The number of ether oxygens (including phenoxy) is 1. The number of rotatable bonds is 6. The summed E-state index contributed by atoms with van der Waals surface area (Å²) in [6.45, 7) is 0. The van der Waals surface area contributed by atoms with Crippen molar-refractivity contribution in [1.29, 1.82) is 0 Å². The Kier molecular flexibility index (Phi) is 5.78. The number of nitrogens with one attached hydrogen (secondary N) is 1. The van der Waals surface area contributed by atoms with Crippen LogP contribution in [-0.4, -0.2) is 44.8 Å². The van der Waals surface area contributed by atoms with Crippen molar-refractivity contribution in [3.63, 3.8) is 0 Å². The number of anilines is 1. The van der Waals surface area contributed by atoms with Gasteiger partial charge in [-0.15, -0.1) is 11.3 Å². The van der Waals surface area contributed by atoms with Gasteiger partial charge in [-0.05, 0) is 42.5 Å². The number of benzene rings is 2. The molecule has 1 aromatic heterocycles. The Labute approximate surface area is 167 Å². The standard InChI is InChI=1S/C19H19N3O4S2/c1-22(2)28(24,25)16-6-4-5-14(11-16)18(23)21-19-20-17(12-27-19)13-7-9-15(26-3)10-8-13/h4-12H,1-3H3,(H,20,21,23). The average Bonchev–Trinajstić information content (AvgIpc) is 3.16. The third kappa shape index (κ3) is 4.22. The van der Waals surface area contributed by atoms with E-state index in [4.69, 9.17) is 4.74 Å². The summed E-state index contributed by atoms with van der Waals surface area (Å²) < 4.78 is 30.7. The Balaban J connectivity index is 1.78. The number of carbonyl (C=O) groups excluding carboxylic acids is 1. The third-order valence-corrected chi connectivity index (χ3v) is 6.55. The maximum absolute atomic E-state index is 12.5. The Morgan fingerprint density at radius 2 is 1.86 bits per heavy atom. The van der Waals surface area contributed by atoms with Gasteiger partial charge in [0.25, 0.3) is 5.91 Å². The first-order valence-corrected chi connectivity index (χ1v) is 10.6. The van der Waals surface area contributed by atoms with Crippen molar-refractivity contribution < 1.29 is 17.9 Å². The number of hydrogen-bond donors (Lipinski definition) is 1. The highest BCUT2D eigenvalue weighted by atomic mass is 32.2. The lowest BCUT2D eigenvalue weighted by atomic mass is 10.2. The van der Waals surface area contributed by atoms with Crippen LogP contribution in [0.5, 0.6) is 5.75 Å². The zero-order valence-electron chi connectivity index (χ0n) is 15.5. The van der Waals surface area contributed by atoms with Gasteiger partial charge in [0.15, 0.2) is 5.13 Å². The zero-order chi connectivity index (χ0) is 20.3. The molecular formula is C19H19N3O4S2. The fourth-order valence-electron chi connectivity index (χ4n) is 2.40. The van der Waals surface area contributed by atoms with E-state index in [9.17, 15) is 13.2 Å². The van der Waals surface area contributed by atoms with Crippen LogP contribution in [0.25, 0.3) is 11.3 Å². The highest BCUT2D eigenvalue weighted by Gasteiger charge is 2.19. The van der Waals surface area contributed by atoms with Crippen LogP contribution in [0.4, 0.5) is 5.13 Å². The monoisotopic (exact) mass is 417 g/mol. The molecule has 0 fully saturated rings. The van der Waals surface area contributed by atoms with Crippen molar-refractivity contribution in [1.82, 2.24) is 9.29 Å². The minimum Gasteiger partial charge on any atom is -0.497 e. The fourth-order valence-corrected chi connectivity index (χ4v) is 4.07. The van der Waals surface area contributed by atoms with Gasteiger partial charge >= 0.3 is 0 Å². The number of sulfonamides is 1. The SMILES string of the molecule is COc1ccc(-c2csc(NC(=O)c3cccc(S(=O)(=O)N(C)C)c3)n2)cc1. The zero-order valence-corrected chi connectivity index (χ0v) is 17.2. The Morgan fingerprint density at radius 3 is 2.50 bits per heavy atom. The molecular weight excluding hydrogens is 398 g/mol. The highest BCUT2D eigenvalue weighted by Crippen LogP contribution is 2.27. The number of thiazole rings is 1. The van der Waals surface area contributed by atoms with E-state index in [0.29, 0.717) is 5.13 Å². The summed E-state index contributed by atoms with van der Waals surface area (Å²) in [5.41, 5.74) is 1.87. The second-order valence-electron chi connectivity index (χ2n) is 6.04. The Morgan fingerprint density at radius 1 is 1.14 bits per heavy atom. The number of aromatic nitrogens is 1. The van der Waals surface area contributed by atoms with Crippen LogP contribution in [0, 0.1) is 0 Å². The van der Waals surface area contributed by atoms with Crippen LogP contribution in [0.15, 0.2) is 58.8 Å². The molecule has 1 heterocycles. The van der Waals surface area contributed by atoms with E-state index < -0.39 is 15.9 Å². The molecule has 0 unspecified atom stereocenters. The molecule has 1 N–H and O–H groups in total. The second-order valence-corrected chi connectivity index (χ2v) is 9.05. The van der Waals surface area contributed by atoms with Crippen molar-refractivity contribution in [2.24, 2.45) is 0 Å². The van der Waals surface area contributed by atoms with Crippen molar-refractivity contribution in [2.75, 3.05) is 26.5 Å². The van der Waals surface area contributed by atoms with E-state index >= 15 is 0 Å². The first kappa shape index (κ1) is 20.0. The molecule has 0 aliphatic heterocycles. The smallest absolute Gasteiger partial charge is 0.257 e. The van der Waals surface area contributed by atoms with E-state index in [2.05, 4.69) is 10.3 Å². The van der Waals surface area contributed by atoms with E-state index in [1.165, 1.54) is 43.6 Å². The van der Waals surface area contributed by atoms with Gasteiger partial charge in [-0.25, -0.2) is 17.7 Å². The quantitative estimate of drug-likeness (QED) is 0.665. The van der Waals surface area contributed by atoms with Crippen LogP contribution < -0.4 is 10.1 Å². The molecule has 0 radical (unpaired) electrons. The molecule has 146 valence electrons. The molecule has 0 atom stereocenters. The van der Waals surface area contributed by atoms with Gasteiger partial charge < -0.3 is 4.74 Å². The molecule has 7 nitrogen and oxygen atoms in total. The number of hydrogen-bond acceptors (Lipinski definition) is 6. The van der Waals surface area contributed by atoms with Crippen molar-refractivity contribution in [3.8, 4) is 17.0 Å². The summed E-state index contributed by atoms with van der Waals surface area (Å²) in [6.07, 6.45) is 0. The van der Waals surface area contributed by atoms with Crippen LogP contribution in [0.2, 0.25) is 0 Å². The van der Waals surface area contributed by atoms with Gasteiger partial charge in [-0.2, -0.15) is 0 Å². The van der Waals surface area contributed by atoms with E-state index in [0.717, 1.165) is 21.3 Å². The lowest BCUT2D eigenvalue weighted by Gasteiger charge is -2.12. The summed E-state index contributed by atoms with van der Waals surface area (Å²) in [5, 5.41) is 4.98. The molecule has 2 aromatic carbocycles. The predicted octanol–water partition coefficient (Wildman–Crippen LogP) is 3.32. The third-order valence-electron chi connectivity index (χ3n) is 3.99. The summed E-state index contributed by atoms with van der Waals surface area (Å²) in [4.78, 5) is 17.0.